The highest BCUT2D eigenvalue weighted by molar-refractivity contribution is 6.04. The van der Waals surface area contributed by atoms with E-state index in [0.29, 0.717) is 11.3 Å². The molecule has 0 radical (unpaired) electrons. The van der Waals surface area contributed by atoms with E-state index in [9.17, 15) is 19.2 Å². The average Bonchev–Trinajstić information content (AvgIpc) is 3.43. The van der Waals surface area contributed by atoms with Crippen LogP contribution in [0.4, 0.5) is 5.69 Å². The molecule has 0 aliphatic heterocycles. The summed E-state index contributed by atoms with van der Waals surface area (Å²) in [6.45, 7) is 1.27. The third kappa shape index (κ3) is 6.39. The van der Waals surface area contributed by atoms with Gasteiger partial charge in [-0.1, -0.05) is 12.1 Å². The van der Waals surface area contributed by atoms with E-state index >= 15 is 0 Å². The number of nitrogens with one attached hydrogen (secondary N) is 2. The summed E-state index contributed by atoms with van der Waals surface area (Å²) in [4.78, 5) is 46.6. The number of esters is 2. The van der Waals surface area contributed by atoms with Crippen LogP contribution >= 0.6 is 0 Å². The first kappa shape index (κ1) is 19.2. The van der Waals surface area contributed by atoms with Gasteiger partial charge in [0.2, 0.25) is 0 Å². The van der Waals surface area contributed by atoms with Crippen LogP contribution < -0.4 is 10.6 Å². The van der Waals surface area contributed by atoms with Gasteiger partial charge in [-0.3, -0.25) is 9.59 Å². The number of carbonyl (C=O) groups excluding carboxylic acids is 4. The van der Waals surface area contributed by atoms with E-state index in [-0.39, 0.29) is 18.6 Å². The highest BCUT2D eigenvalue weighted by Gasteiger charge is 2.25. The van der Waals surface area contributed by atoms with E-state index in [1.165, 1.54) is 0 Å². The molecule has 0 aromatic heterocycles. The molecule has 2 rings (SSSR count). The minimum atomic E-state index is -0.854. The van der Waals surface area contributed by atoms with Crippen LogP contribution in [0.15, 0.2) is 36.4 Å². The van der Waals surface area contributed by atoms with Gasteiger partial charge >= 0.3 is 11.9 Å². The summed E-state index contributed by atoms with van der Waals surface area (Å²) in [7, 11) is 0. The molecular weight excluding hydrogens is 340 g/mol. The third-order valence-corrected chi connectivity index (χ3v) is 3.35. The fourth-order valence-corrected chi connectivity index (χ4v) is 1.98. The molecule has 1 fully saturated rings. The van der Waals surface area contributed by atoms with Crippen molar-refractivity contribution in [1.29, 1.82) is 0 Å². The van der Waals surface area contributed by atoms with Crippen molar-refractivity contribution in [2.75, 3.05) is 18.5 Å². The van der Waals surface area contributed by atoms with E-state index in [2.05, 4.69) is 15.4 Å². The molecule has 138 valence electrons. The Bertz CT molecular complexity index is 724. The van der Waals surface area contributed by atoms with Gasteiger partial charge < -0.3 is 20.1 Å². The molecule has 0 bridgehead atoms. The quantitative estimate of drug-likeness (QED) is 0.532. The lowest BCUT2D eigenvalue weighted by atomic mass is 10.1. The molecule has 0 atom stereocenters. The van der Waals surface area contributed by atoms with Crippen molar-refractivity contribution in [1.82, 2.24) is 5.32 Å². The zero-order valence-corrected chi connectivity index (χ0v) is 14.3. The first-order valence-electron chi connectivity index (χ1n) is 8.21. The highest BCUT2D eigenvalue weighted by atomic mass is 16.5. The zero-order chi connectivity index (χ0) is 18.9. The lowest BCUT2D eigenvalue weighted by molar-refractivity contribution is -0.143. The van der Waals surface area contributed by atoms with Gasteiger partial charge in [0.15, 0.2) is 6.61 Å². The predicted octanol–water partition coefficient (Wildman–Crippen LogP) is 1.18. The molecule has 2 amide bonds. The summed E-state index contributed by atoms with van der Waals surface area (Å²) in [5, 5.41) is 5.38. The summed E-state index contributed by atoms with van der Waals surface area (Å²) >= 11 is 0. The Morgan fingerprint density at radius 2 is 1.73 bits per heavy atom. The van der Waals surface area contributed by atoms with Crippen molar-refractivity contribution in [2.24, 2.45) is 0 Å². The van der Waals surface area contributed by atoms with E-state index in [1.54, 1.807) is 31.2 Å². The van der Waals surface area contributed by atoms with Crippen molar-refractivity contribution in [2.45, 2.75) is 25.8 Å². The second-order valence-corrected chi connectivity index (χ2v) is 5.53. The first-order valence-corrected chi connectivity index (χ1v) is 8.21. The number of rotatable bonds is 8. The molecule has 0 heterocycles. The topological polar surface area (TPSA) is 111 Å². The summed E-state index contributed by atoms with van der Waals surface area (Å²) in [6, 6.07) is 6.75. The van der Waals surface area contributed by atoms with E-state index in [4.69, 9.17) is 4.74 Å². The van der Waals surface area contributed by atoms with Crippen molar-refractivity contribution in [3.05, 3.63) is 42.0 Å². The second kappa shape index (κ2) is 9.36. The Labute approximate surface area is 150 Å². The van der Waals surface area contributed by atoms with Gasteiger partial charge in [0.05, 0.1) is 17.9 Å². The molecule has 0 saturated heterocycles. The number of amides is 2. The van der Waals surface area contributed by atoms with E-state index < -0.39 is 24.5 Å². The van der Waals surface area contributed by atoms with Crippen LogP contribution in [0.3, 0.4) is 0 Å². The minimum absolute atomic E-state index is 0.189. The number of hydrogen-bond donors (Lipinski definition) is 2. The molecule has 1 saturated carbocycles. The lowest BCUT2D eigenvalue weighted by Gasteiger charge is -2.11. The molecule has 26 heavy (non-hydrogen) atoms. The molecule has 1 aromatic carbocycles. The van der Waals surface area contributed by atoms with E-state index in [1.807, 2.05) is 0 Å². The van der Waals surface area contributed by atoms with E-state index in [0.717, 1.165) is 25.0 Å². The van der Waals surface area contributed by atoms with Crippen LogP contribution in [0.2, 0.25) is 0 Å². The summed E-state index contributed by atoms with van der Waals surface area (Å²) in [6.07, 6.45) is 3.70. The van der Waals surface area contributed by atoms with Gasteiger partial charge in [-0.25, -0.2) is 9.59 Å². The largest absolute Gasteiger partial charge is 0.463 e. The standard InChI is InChI=1S/C18H20N2O6/c1-2-25-16(22)9-10-17(23)26-11-15(21)20-14-6-4-3-5-13(14)18(24)19-12-7-8-12/h3-6,9-10,12H,2,7-8,11H2,1H3,(H,19,24)(H,20,21)/b10-9+. The Kier molecular flexibility index (Phi) is 6.90. The number of hydrogen-bond acceptors (Lipinski definition) is 6. The predicted molar refractivity (Wildman–Crippen MR) is 92.3 cm³/mol. The minimum Gasteiger partial charge on any atom is -0.463 e. The average molecular weight is 360 g/mol. The third-order valence-electron chi connectivity index (χ3n) is 3.35. The highest BCUT2D eigenvalue weighted by Crippen LogP contribution is 2.21. The maximum Gasteiger partial charge on any atom is 0.331 e. The van der Waals surface area contributed by atoms with Gasteiger partial charge in [0.25, 0.3) is 11.8 Å². The van der Waals surface area contributed by atoms with Crippen LogP contribution in [-0.2, 0) is 23.9 Å². The maximum atomic E-state index is 12.2. The Morgan fingerprint density at radius 3 is 2.38 bits per heavy atom. The summed E-state index contributed by atoms with van der Waals surface area (Å²) < 4.78 is 9.35. The molecule has 0 spiro atoms. The van der Waals surface area contributed by atoms with Crippen molar-refractivity contribution >= 4 is 29.4 Å². The number of anilines is 1. The number of ether oxygens (including phenoxy) is 2. The molecule has 1 aromatic rings. The second-order valence-electron chi connectivity index (χ2n) is 5.53. The van der Waals surface area contributed by atoms with Crippen molar-refractivity contribution in [3.63, 3.8) is 0 Å². The number of benzene rings is 1. The van der Waals surface area contributed by atoms with Gasteiger partial charge in [0.1, 0.15) is 0 Å². The smallest absolute Gasteiger partial charge is 0.331 e. The molecule has 0 unspecified atom stereocenters. The maximum absolute atomic E-state index is 12.2. The Balaban J connectivity index is 1.85. The van der Waals surface area contributed by atoms with Crippen LogP contribution in [0.5, 0.6) is 0 Å². The van der Waals surface area contributed by atoms with Crippen LogP contribution in [0.25, 0.3) is 0 Å². The van der Waals surface area contributed by atoms with Crippen LogP contribution in [0.1, 0.15) is 30.1 Å². The monoisotopic (exact) mass is 360 g/mol. The van der Waals surface area contributed by atoms with Gasteiger partial charge in [-0.15, -0.1) is 0 Å². The molecule has 1 aliphatic rings. The van der Waals surface area contributed by atoms with Crippen molar-refractivity contribution < 1.29 is 28.7 Å². The zero-order valence-electron chi connectivity index (χ0n) is 14.3. The molecule has 1 aliphatic carbocycles. The molecule has 8 heteroatoms. The molecule has 8 nitrogen and oxygen atoms in total. The lowest BCUT2D eigenvalue weighted by Crippen LogP contribution is -2.27. The van der Waals surface area contributed by atoms with Gasteiger partial charge in [-0.05, 0) is 31.9 Å². The number of para-hydroxylation sites is 1. The fraction of sp³-hybridized carbons (Fsp3) is 0.333. The van der Waals surface area contributed by atoms with Crippen LogP contribution in [-0.4, -0.2) is 43.0 Å². The molecule has 2 N–H and O–H groups in total. The van der Waals surface area contributed by atoms with Crippen LogP contribution in [0, 0.1) is 0 Å². The first-order chi connectivity index (χ1) is 12.5. The van der Waals surface area contributed by atoms with Crippen molar-refractivity contribution in [3.8, 4) is 0 Å². The normalized spacial score (nSPS) is 13.1. The SMILES string of the molecule is CCOC(=O)/C=C/C(=O)OCC(=O)Nc1ccccc1C(=O)NC1CC1. The van der Waals surface area contributed by atoms with Gasteiger partial charge in [0, 0.05) is 18.2 Å². The molecular formula is C18H20N2O6. The summed E-state index contributed by atoms with van der Waals surface area (Å²) in [5.74, 6) is -2.40. The summed E-state index contributed by atoms with van der Waals surface area (Å²) in [5.41, 5.74) is 0.662. The van der Waals surface area contributed by atoms with Gasteiger partial charge in [-0.2, -0.15) is 0 Å². The fourth-order valence-electron chi connectivity index (χ4n) is 1.98. The Morgan fingerprint density at radius 1 is 1.08 bits per heavy atom. The number of carbonyl (C=O) groups is 4. The Hall–Kier alpha value is -3.16.